The van der Waals surface area contributed by atoms with Crippen LogP contribution in [0.2, 0.25) is 0 Å². The molecule has 42 valence electrons. The second-order valence-electron chi connectivity index (χ2n) is 1.25. The minimum Gasteiger partial charge on any atom is -0.403 e. The number of hydrogen-bond acceptors (Lipinski definition) is 3. The lowest BCUT2D eigenvalue weighted by molar-refractivity contribution is -0.113. The number of ketones is 1. The minimum absolute atomic E-state index is 0.00463. The van der Waals surface area contributed by atoms with Gasteiger partial charge in [-0.25, -0.2) is 0 Å². The Morgan fingerprint density at radius 3 is 2.38 bits per heavy atom. The number of carbonyl (C=O) groups excluding carboxylic acids is 1. The zero-order valence-electron chi connectivity index (χ0n) is 4.51. The van der Waals surface area contributed by atoms with Gasteiger partial charge in [-0.3, -0.25) is 4.79 Å². The Morgan fingerprint density at radius 2 is 2.38 bits per heavy atom. The summed E-state index contributed by atoms with van der Waals surface area (Å²) < 4.78 is 0. The van der Waals surface area contributed by atoms with Crippen molar-refractivity contribution in [1.82, 2.24) is 0 Å². The van der Waals surface area contributed by atoms with Crippen LogP contribution in [0.5, 0.6) is 0 Å². The largest absolute Gasteiger partial charge is 0.403 e. The van der Waals surface area contributed by atoms with Gasteiger partial charge in [0.25, 0.3) is 0 Å². The van der Waals surface area contributed by atoms with Crippen molar-refractivity contribution >= 4 is 5.78 Å². The van der Waals surface area contributed by atoms with Gasteiger partial charge in [-0.05, 0) is 6.92 Å². The first-order chi connectivity index (χ1) is 3.72. The number of carbonyl (C=O) groups is 1. The topological polar surface area (TPSA) is 66.9 Å². The second kappa shape index (κ2) is 2.80. The molecular formula is C5H6N2O. The molecule has 0 aromatic rings. The predicted octanol–water partition coefficient (Wildman–Crippen LogP) is -0.0584. The van der Waals surface area contributed by atoms with Gasteiger partial charge in [0.1, 0.15) is 11.6 Å². The molecule has 0 rings (SSSR count). The molecule has 3 nitrogen and oxygen atoms in total. The molecule has 0 spiro atoms. The molecular weight excluding hydrogens is 104 g/mol. The molecule has 0 aliphatic rings. The third-order valence-electron chi connectivity index (χ3n) is 0.666. The standard InChI is InChI=1S/C5H6N2O/c1-4(8)5(2-6)3-7/h2H,6H2,1H3/b5-2-. The number of nitriles is 1. The highest BCUT2D eigenvalue weighted by molar-refractivity contribution is 5.96. The summed E-state index contributed by atoms with van der Waals surface area (Å²) in [4.78, 5) is 10.2. The van der Waals surface area contributed by atoms with E-state index in [0.717, 1.165) is 6.20 Å². The fourth-order valence-corrected chi connectivity index (χ4v) is 0.233. The van der Waals surface area contributed by atoms with E-state index in [9.17, 15) is 4.79 Å². The molecule has 8 heavy (non-hydrogen) atoms. The lowest BCUT2D eigenvalue weighted by atomic mass is 10.2. The maximum Gasteiger partial charge on any atom is 0.171 e. The summed E-state index contributed by atoms with van der Waals surface area (Å²) in [5.41, 5.74) is 4.88. The third kappa shape index (κ3) is 1.43. The molecule has 0 fully saturated rings. The first-order valence-electron chi connectivity index (χ1n) is 2.05. The van der Waals surface area contributed by atoms with E-state index in [0.29, 0.717) is 0 Å². The SMILES string of the molecule is CC(=O)/C(C#N)=C\N. The van der Waals surface area contributed by atoms with Crippen molar-refractivity contribution in [2.45, 2.75) is 6.92 Å². The van der Waals surface area contributed by atoms with Gasteiger partial charge in [0.15, 0.2) is 5.78 Å². The molecule has 0 aliphatic heterocycles. The fourth-order valence-electron chi connectivity index (χ4n) is 0.233. The summed E-state index contributed by atoms with van der Waals surface area (Å²) in [7, 11) is 0. The Balaban J connectivity index is 4.20. The highest BCUT2D eigenvalue weighted by Gasteiger charge is 1.97. The minimum atomic E-state index is -0.296. The van der Waals surface area contributed by atoms with Crippen LogP contribution in [0, 0.1) is 11.3 Å². The van der Waals surface area contributed by atoms with Crippen molar-refractivity contribution < 1.29 is 4.79 Å². The third-order valence-corrected chi connectivity index (χ3v) is 0.666. The van der Waals surface area contributed by atoms with Crippen molar-refractivity contribution in [2.24, 2.45) is 5.73 Å². The molecule has 0 atom stereocenters. The highest BCUT2D eigenvalue weighted by Crippen LogP contribution is 1.87. The van der Waals surface area contributed by atoms with Gasteiger partial charge in [-0.2, -0.15) is 5.26 Å². The van der Waals surface area contributed by atoms with Crippen LogP contribution in [0.4, 0.5) is 0 Å². The lowest BCUT2D eigenvalue weighted by Gasteiger charge is -1.82. The van der Waals surface area contributed by atoms with Gasteiger partial charge < -0.3 is 5.73 Å². The average Bonchev–Trinajstić information content (AvgIpc) is 1.69. The van der Waals surface area contributed by atoms with Crippen molar-refractivity contribution in [1.29, 1.82) is 5.26 Å². The fraction of sp³-hybridized carbons (Fsp3) is 0.200. The van der Waals surface area contributed by atoms with E-state index in [1.807, 2.05) is 0 Å². The van der Waals surface area contributed by atoms with E-state index in [1.165, 1.54) is 6.92 Å². The molecule has 3 heteroatoms. The van der Waals surface area contributed by atoms with Crippen LogP contribution in [0.25, 0.3) is 0 Å². The molecule has 0 aromatic carbocycles. The van der Waals surface area contributed by atoms with E-state index in [1.54, 1.807) is 6.07 Å². The van der Waals surface area contributed by atoms with Crippen molar-refractivity contribution in [3.8, 4) is 6.07 Å². The molecule has 0 aliphatic carbocycles. The Morgan fingerprint density at radius 1 is 1.88 bits per heavy atom. The zero-order chi connectivity index (χ0) is 6.57. The summed E-state index contributed by atoms with van der Waals surface area (Å²) >= 11 is 0. The van der Waals surface area contributed by atoms with Crippen LogP contribution in [0.3, 0.4) is 0 Å². The summed E-state index contributed by atoms with van der Waals surface area (Å²) in [6.45, 7) is 1.29. The van der Waals surface area contributed by atoms with Gasteiger partial charge in [0.05, 0.1) is 0 Å². The van der Waals surface area contributed by atoms with Gasteiger partial charge in [0.2, 0.25) is 0 Å². The van der Waals surface area contributed by atoms with Crippen LogP contribution in [-0.2, 0) is 4.79 Å². The Bertz CT molecular complexity index is 164. The van der Waals surface area contributed by atoms with Gasteiger partial charge >= 0.3 is 0 Å². The number of nitrogens with zero attached hydrogens (tertiary/aromatic N) is 1. The van der Waals surface area contributed by atoms with Crippen LogP contribution in [-0.4, -0.2) is 5.78 Å². The summed E-state index contributed by atoms with van der Waals surface area (Å²) in [6.07, 6.45) is 1.00. The quantitative estimate of drug-likeness (QED) is 0.380. The normalized spacial score (nSPS) is 10.2. The van der Waals surface area contributed by atoms with Crippen molar-refractivity contribution in [3.63, 3.8) is 0 Å². The van der Waals surface area contributed by atoms with Gasteiger partial charge in [-0.1, -0.05) is 0 Å². The molecule has 0 heterocycles. The highest BCUT2D eigenvalue weighted by atomic mass is 16.1. The zero-order valence-corrected chi connectivity index (χ0v) is 4.51. The number of Topliss-reactive ketones (excluding diaryl/α,β-unsaturated/α-hetero) is 1. The summed E-state index contributed by atoms with van der Waals surface area (Å²) in [5, 5.41) is 8.08. The Labute approximate surface area is 47.4 Å². The molecule has 0 bridgehead atoms. The second-order valence-corrected chi connectivity index (χ2v) is 1.25. The first-order valence-corrected chi connectivity index (χ1v) is 2.05. The monoisotopic (exact) mass is 110 g/mol. The lowest BCUT2D eigenvalue weighted by Crippen LogP contribution is -1.96. The van der Waals surface area contributed by atoms with E-state index in [-0.39, 0.29) is 11.4 Å². The predicted molar refractivity (Wildman–Crippen MR) is 28.6 cm³/mol. The first kappa shape index (κ1) is 6.70. The Kier molecular flexibility index (Phi) is 2.35. The van der Waals surface area contributed by atoms with Crippen LogP contribution < -0.4 is 5.73 Å². The van der Waals surface area contributed by atoms with Crippen LogP contribution >= 0.6 is 0 Å². The summed E-state index contributed by atoms with van der Waals surface area (Å²) in [6, 6.07) is 1.64. The van der Waals surface area contributed by atoms with Gasteiger partial charge in [-0.15, -0.1) is 0 Å². The number of nitrogens with two attached hydrogens (primary N) is 1. The Hall–Kier alpha value is -1.30. The van der Waals surface area contributed by atoms with Crippen LogP contribution in [0.1, 0.15) is 6.92 Å². The van der Waals surface area contributed by atoms with Gasteiger partial charge in [0, 0.05) is 6.20 Å². The van der Waals surface area contributed by atoms with Crippen LogP contribution in [0.15, 0.2) is 11.8 Å². The molecule has 2 N–H and O–H groups in total. The van der Waals surface area contributed by atoms with Crippen molar-refractivity contribution in [2.75, 3.05) is 0 Å². The molecule has 0 unspecified atom stereocenters. The average molecular weight is 110 g/mol. The number of rotatable bonds is 1. The van der Waals surface area contributed by atoms with E-state index in [2.05, 4.69) is 0 Å². The summed E-state index contributed by atoms with van der Waals surface area (Å²) in [5.74, 6) is -0.296. The van der Waals surface area contributed by atoms with E-state index < -0.39 is 0 Å². The number of hydrogen-bond donors (Lipinski definition) is 1. The maximum absolute atomic E-state index is 10.2. The molecule has 0 saturated carbocycles. The van der Waals surface area contributed by atoms with Crippen molar-refractivity contribution in [3.05, 3.63) is 11.8 Å². The smallest absolute Gasteiger partial charge is 0.171 e. The number of allylic oxidation sites excluding steroid dienone is 1. The molecule has 0 radical (unpaired) electrons. The molecule has 0 amide bonds. The molecule has 0 saturated heterocycles. The van der Waals surface area contributed by atoms with E-state index >= 15 is 0 Å². The maximum atomic E-state index is 10.2. The molecule has 0 aromatic heterocycles. The van der Waals surface area contributed by atoms with E-state index in [4.69, 9.17) is 11.0 Å².